The third-order valence-electron chi connectivity index (χ3n) is 3.33. The number of ether oxygens (including phenoxy) is 2. The van der Waals surface area contributed by atoms with E-state index in [0.29, 0.717) is 12.2 Å². The Labute approximate surface area is 125 Å². The maximum Gasteiger partial charge on any atom is 0.188 e. The highest BCUT2D eigenvalue weighted by Crippen LogP contribution is 2.24. The fourth-order valence-electron chi connectivity index (χ4n) is 2.35. The quantitative estimate of drug-likeness (QED) is 0.759. The predicted molar refractivity (Wildman–Crippen MR) is 82.9 cm³/mol. The van der Waals surface area contributed by atoms with Gasteiger partial charge in [0.1, 0.15) is 12.4 Å². The smallest absolute Gasteiger partial charge is 0.188 e. The van der Waals surface area contributed by atoms with Crippen molar-refractivity contribution in [2.75, 3.05) is 13.7 Å². The van der Waals surface area contributed by atoms with Gasteiger partial charge in [0, 0.05) is 5.56 Å². The monoisotopic (exact) mass is 284 g/mol. The van der Waals surface area contributed by atoms with Crippen LogP contribution < -0.4 is 4.74 Å². The molecule has 2 rings (SSSR count). The van der Waals surface area contributed by atoms with E-state index < -0.39 is 0 Å². The van der Waals surface area contributed by atoms with E-state index in [-0.39, 0.29) is 12.4 Å². The highest BCUT2D eigenvalue weighted by molar-refractivity contribution is 5.97. The molecule has 0 fully saturated rings. The van der Waals surface area contributed by atoms with E-state index in [4.69, 9.17) is 9.47 Å². The standard InChI is InChI=1S/C18H20O3/c1-13-9-16(10-14(2)18(13)20-3)17(19)12-21-11-15-7-5-4-6-8-15/h4-10H,11-12H2,1-3H3. The van der Waals surface area contributed by atoms with Crippen molar-refractivity contribution >= 4 is 5.78 Å². The van der Waals surface area contributed by atoms with E-state index in [1.807, 2.05) is 56.3 Å². The molecule has 0 aromatic heterocycles. The Morgan fingerprint density at radius 3 is 2.24 bits per heavy atom. The highest BCUT2D eigenvalue weighted by atomic mass is 16.5. The second-order valence-corrected chi connectivity index (χ2v) is 5.04. The number of rotatable bonds is 6. The fourth-order valence-corrected chi connectivity index (χ4v) is 2.35. The topological polar surface area (TPSA) is 35.5 Å². The lowest BCUT2D eigenvalue weighted by molar-refractivity contribution is 0.0726. The number of methoxy groups -OCH3 is 1. The first-order valence-electron chi connectivity index (χ1n) is 6.92. The van der Waals surface area contributed by atoms with Crippen LogP contribution in [0.5, 0.6) is 5.75 Å². The van der Waals surface area contributed by atoms with Gasteiger partial charge >= 0.3 is 0 Å². The number of carbonyl (C=O) groups is 1. The molecule has 0 aliphatic heterocycles. The average molecular weight is 284 g/mol. The highest BCUT2D eigenvalue weighted by Gasteiger charge is 2.11. The van der Waals surface area contributed by atoms with Crippen LogP contribution in [0.2, 0.25) is 0 Å². The molecule has 0 radical (unpaired) electrons. The van der Waals surface area contributed by atoms with Gasteiger partial charge in [-0.3, -0.25) is 4.79 Å². The largest absolute Gasteiger partial charge is 0.496 e. The normalized spacial score (nSPS) is 10.4. The summed E-state index contributed by atoms with van der Waals surface area (Å²) in [5, 5.41) is 0. The molecule has 0 aliphatic carbocycles. The molecular weight excluding hydrogens is 264 g/mol. The second kappa shape index (κ2) is 7.04. The van der Waals surface area contributed by atoms with Crippen molar-refractivity contribution in [3.63, 3.8) is 0 Å². The molecular formula is C18H20O3. The van der Waals surface area contributed by atoms with Crippen LogP contribution in [-0.4, -0.2) is 19.5 Å². The van der Waals surface area contributed by atoms with Crippen molar-refractivity contribution in [3.05, 3.63) is 64.7 Å². The van der Waals surface area contributed by atoms with Gasteiger partial charge in [-0.1, -0.05) is 30.3 Å². The van der Waals surface area contributed by atoms with Crippen LogP contribution in [0.4, 0.5) is 0 Å². The summed E-state index contributed by atoms with van der Waals surface area (Å²) < 4.78 is 10.8. The zero-order valence-corrected chi connectivity index (χ0v) is 12.7. The molecule has 0 saturated heterocycles. The van der Waals surface area contributed by atoms with Gasteiger partial charge in [0.2, 0.25) is 0 Å². The zero-order valence-electron chi connectivity index (χ0n) is 12.7. The van der Waals surface area contributed by atoms with Crippen molar-refractivity contribution < 1.29 is 14.3 Å². The van der Waals surface area contributed by atoms with E-state index >= 15 is 0 Å². The molecule has 0 amide bonds. The molecule has 21 heavy (non-hydrogen) atoms. The summed E-state index contributed by atoms with van der Waals surface area (Å²) in [6, 6.07) is 13.5. The molecule has 3 heteroatoms. The summed E-state index contributed by atoms with van der Waals surface area (Å²) in [6.45, 7) is 4.40. The summed E-state index contributed by atoms with van der Waals surface area (Å²) in [5.41, 5.74) is 3.65. The minimum Gasteiger partial charge on any atom is -0.496 e. The van der Waals surface area contributed by atoms with Crippen LogP contribution in [-0.2, 0) is 11.3 Å². The minimum absolute atomic E-state index is 0.0141. The van der Waals surface area contributed by atoms with Crippen molar-refractivity contribution in [1.82, 2.24) is 0 Å². The van der Waals surface area contributed by atoms with Crippen molar-refractivity contribution in [3.8, 4) is 5.75 Å². The number of ketones is 1. The predicted octanol–water partition coefficient (Wildman–Crippen LogP) is 3.71. The molecule has 0 heterocycles. The Hall–Kier alpha value is -2.13. The molecule has 2 aromatic rings. The van der Waals surface area contributed by atoms with Crippen LogP contribution >= 0.6 is 0 Å². The Kier molecular flexibility index (Phi) is 5.12. The first-order chi connectivity index (χ1) is 10.1. The lowest BCUT2D eigenvalue weighted by atomic mass is 10.0. The molecule has 110 valence electrons. The van der Waals surface area contributed by atoms with Gasteiger partial charge in [0.05, 0.1) is 13.7 Å². The number of hydrogen-bond acceptors (Lipinski definition) is 3. The van der Waals surface area contributed by atoms with E-state index in [0.717, 1.165) is 22.4 Å². The van der Waals surface area contributed by atoms with Crippen molar-refractivity contribution in [1.29, 1.82) is 0 Å². The van der Waals surface area contributed by atoms with Crippen LogP contribution in [0, 0.1) is 13.8 Å². The van der Waals surface area contributed by atoms with Gasteiger partial charge in [-0.25, -0.2) is 0 Å². The van der Waals surface area contributed by atoms with Gasteiger partial charge in [-0.15, -0.1) is 0 Å². The maximum atomic E-state index is 12.2. The molecule has 0 aliphatic rings. The van der Waals surface area contributed by atoms with Gasteiger partial charge in [0.25, 0.3) is 0 Å². The first kappa shape index (κ1) is 15.3. The van der Waals surface area contributed by atoms with Crippen molar-refractivity contribution in [2.24, 2.45) is 0 Å². The van der Waals surface area contributed by atoms with Crippen LogP contribution in [0.15, 0.2) is 42.5 Å². The van der Waals surface area contributed by atoms with Crippen LogP contribution in [0.25, 0.3) is 0 Å². The molecule has 3 nitrogen and oxygen atoms in total. The minimum atomic E-state index is -0.0141. The lowest BCUT2D eigenvalue weighted by Crippen LogP contribution is -2.10. The van der Waals surface area contributed by atoms with Crippen LogP contribution in [0.1, 0.15) is 27.0 Å². The molecule has 0 N–H and O–H groups in total. The number of carbonyl (C=O) groups excluding carboxylic acids is 1. The number of benzene rings is 2. The molecule has 0 spiro atoms. The fraction of sp³-hybridized carbons (Fsp3) is 0.278. The number of hydrogen-bond donors (Lipinski definition) is 0. The van der Waals surface area contributed by atoms with Gasteiger partial charge in [-0.2, -0.15) is 0 Å². The van der Waals surface area contributed by atoms with E-state index in [9.17, 15) is 4.79 Å². The lowest BCUT2D eigenvalue weighted by Gasteiger charge is -2.11. The average Bonchev–Trinajstić information content (AvgIpc) is 2.48. The van der Waals surface area contributed by atoms with Gasteiger partial charge in [0.15, 0.2) is 5.78 Å². The molecule has 0 saturated carbocycles. The maximum absolute atomic E-state index is 12.2. The van der Waals surface area contributed by atoms with Gasteiger partial charge in [-0.05, 0) is 42.7 Å². The van der Waals surface area contributed by atoms with E-state index in [2.05, 4.69) is 0 Å². The first-order valence-corrected chi connectivity index (χ1v) is 6.92. The summed E-state index contributed by atoms with van der Waals surface area (Å²) >= 11 is 0. The Morgan fingerprint density at radius 1 is 1.05 bits per heavy atom. The Bertz CT molecular complexity index is 595. The van der Waals surface area contributed by atoms with E-state index in [1.165, 1.54) is 0 Å². The van der Waals surface area contributed by atoms with Gasteiger partial charge < -0.3 is 9.47 Å². The van der Waals surface area contributed by atoms with Crippen LogP contribution in [0.3, 0.4) is 0 Å². The molecule has 0 bridgehead atoms. The number of aryl methyl sites for hydroxylation is 2. The summed E-state index contributed by atoms with van der Waals surface area (Å²) in [6.07, 6.45) is 0. The Morgan fingerprint density at radius 2 is 1.67 bits per heavy atom. The summed E-state index contributed by atoms with van der Waals surface area (Å²) in [4.78, 5) is 12.2. The third-order valence-corrected chi connectivity index (χ3v) is 3.33. The molecule has 2 aromatic carbocycles. The second-order valence-electron chi connectivity index (χ2n) is 5.04. The van der Waals surface area contributed by atoms with E-state index in [1.54, 1.807) is 7.11 Å². The molecule has 0 unspecified atom stereocenters. The third kappa shape index (κ3) is 3.92. The summed E-state index contributed by atoms with van der Waals surface area (Å²) in [7, 11) is 1.64. The SMILES string of the molecule is COc1c(C)cc(C(=O)COCc2ccccc2)cc1C. The molecule has 0 atom stereocenters. The van der Waals surface area contributed by atoms with Crippen molar-refractivity contribution in [2.45, 2.75) is 20.5 Å². The summed E-state index contributed by atoms with van der Waals surface area (Å²) in [5.74, 6) is 0.816. The number of Topliss-reactive ketones (excluding diaryl/α,β-unsaturated/α-hetero) is 1. The zero-order chi connectivity index (χ0) is 15.2. The Balaban J connectivity index is 1.98.